The molecule has 1 fully saturated rings. The highest BCUT2D eigenvalue weighted by atomic mass is 32.2. The van der Waals surface area contributed by atoms with Crippen molar-refractivity contribution in [3.63, 3.8) is 0 Å². The zero-order valence-corrected chi connectivity index (χ0v) is 9.05. The van der Waals surface area contributed by atoms with Crippen LogP contribution in [0.3, 0.4) is 0 Å². The zero-order chi connectivity index (χ0) is 9.97. The standard InChI is InChI=1S/C10H15NO2S/c1-2-8-6-14(12)7-9(11-8)10-4-3-5-13-10/h3-5,8-9,11H,2,6-7H2,1H3. The van der Waals surface area contributed by atoms with E-state index in [1.165, 1.54) is 0 Å². The maximum atomic E-state index is 11.6. The van der Waals surface area contributed by atoms with E-state index in [2.05, 4.69) is 12.2 Å². The number of furan rings is 1. The molecule has 14 heavy (non-hydrogen) atoms. The molecule has 1 N–H and O–H groups in total. The van der Waals surface area contributed by atoms with Crippen LogP contribution < -0.4 is 5.32 Å². The van der Waals surface area contributed by atoms with Crippen LogP contribution in [0, 0.1) is 0 Å². The Bertz CT molecular complexity index is 310. The second-order valence-corrected chi connectivity index (χ2v) is 5.16. The Labute approximate surface area is 86.3 Å². The average molecular weight is 213 g/mol. The van der Waals surface area contributed by atoms with Gasteiger partial charge >= 0.3 is 0 Å². The van der Waals surface area contributed by atoms with E-state index in [4.69, 9.17) is 4.42 Å². The molecule has 2 rings (SSSR count). The second kappa shape index (κ2) is 4.28. The molecule has 1 aliphatic heterocycles. The van der Waals surface area contributed by atoms with Gasteiger partial charge in [-0.2, -0.15) is 0 Å². The molecule has 1 aliphatic rings. The molecule has 4 heteroatoms. The minimum absolute atomic E-state index is 0.129. The summed E-state index contributed by atoms with van der Waals surface area (Å²) in [6, 6.07) is 4.30. The molecule has 0 aliphatic carbocycles. The van der Waals surface area contributed by atoms with E-state index in [-0.39, 0.29) is 6.04 Å². The van der Waals surface area contributed by atoms with Gasteiger partial charge in [0.15, 0.2) is 0 Å². The predicted molar refractivity (Wildman–Crippen MR) is 56.5 cm³/mol. The minimum atomic E-state index is -0.707. The summed E-state index contributed by atoms with van der Waals surface area (Å²) in [5.41, 5.74) is 0. The average Bonchev–Trinajstić information content (AvgIpc) is 2.69. The highest BCUT2D eigenvalue weighted by molar-refractivity contribution is 7.85. The van der Waals surface area contributed by atoms with Crippen molar-refractivity contribution < 1.29 is 8.63 Å². The van der Waals surface area contributed by atoms with Gasteiger partial charge in [0.2, 0.25) is 0 Å². The molecule has 0 saturated carbocycles. The van der Waals surface area contributed by atoms with Crippen molar-refractivity contribution in [1.82, 2.24) is 5.32 Å². The van der Waals surface area contributed by atoms with Crippen LogP contribution in [0.2, 0.25) is 0 Å². The lowest BCUT2D eigenvalue weighted by atomic mass is 10.2. The Balaban J connectivity index is 2.09. The van der Waals surface area contributed by atoms with Crippen LogP contribution in [0.5, 0.6) is 0 Å². The molecule has 0 bridgehead atoms. The van der Waals surface area contributed by atoms with E-state index in [0.717, 1.165) is 17.9 Å². The van der Waals surface area contributed by atoms with Gasteiger partial charge in [-0.05, 0) is 18.6 Å². The SMILES string of the molecule is CCC1CS(=O)CC(c2ccco2)N1. The van der Waals surface area contributed by atoms with Crippen molar-refractivity contribution in [3.8, 4) is 0 Å². The topological polar surface area (TPSA) is 42.2 Å². The van der Waals surface area contributed by atoms with Crippen LogP contribution in [0.4, 0.5) is 0 Å². The molecule has 1 saturated heterocycles. The number of hydrogen-bond acceptors (Lipinski definition) is 3. The molecular weight excluding hydrogens is 198 g/mol. The van der Waals surface area contributed by atoms with Gasteiger partial charge in [0, 0.05) is 28.3 Å². The van der Waals surface area contributed by atoms with Crippen LogP contribution in [-0.2, 0) is 10.8 Å². The lowest BCUT2D eigenvalue weighted by molar-refractivity contribution is 0.387. The lowest BCUT2D eigenvalue weighted by Crippen LogP contribution is -2.44. The number of nitrogens with one attached hydrogen (secondary N) is 1. The summed E-state index contributed by atoms with van der Waals surface area (Å²) < 4.78 is 16.9. The summed E-state index contributed by atoms with van der Waals surface area (Å²) in [6.45, 7) is 2.11. The third-order valence-corrected chi connectivity index (χ3v) is 4.04. The van der Waals surface area contributed by atoms with Crippen molar-refractivity contribution >= 4 is 10.8 Å². The third kappa shape index (κ3) is 2.07. The first kappa shape index (κ1) is 9.93. The van der Waals surface area contributed by atoms with Crippen molar-refractivity contribution in [2.45, 2.75) is 25.4 Å². The maximum Gasteiger partial charge on any atom is 0.121 e. The smallest absolute Gasteiger partial charge is 0.121 e. The fourth-order valence-electron chi connectivity index (χ4n) is 1.75. The van der Waals surface area contributed by atoms with Crippen molar-refractivity contribution in [1.29, 1.82) is 0 Å². The van der Waals surface area contributed by atoms with Gasteiger partial charge in [-0.15, -0.1) is 0 Å². The van der Waals surface area contributed by atoms with Crippen LogP contribution in [0.15, 0.2) is 22.8 Å². The van der Waals surface area contributed by atoms with E-state index < -0.39 is 10.8 Å². The van der Waals surface area contributed by atoms with Crippen LogP contribution in [0.1, 0.15) is 25.1 Å². The summed E-state index contributed by atoms with van der Waals surface area (Å²) in [5.74, 6) is 2.34. The molecule has 2 heterocycles. The van der Waals surface area contributed by atoms with Gasteiger partial charge in [-0.3, -0.25) is 4.21 Å². The normalized spacial score (nSPS) is 33.1. The van der Waals surface area contributed by atoms with E-state index in [1.54, 1.807) is 6.26 Å². The molecule has 1 aromatic rings. The van der Waals surface area contributed by atoms with Gasteiger partial charge in [-0.1, -0.05) is 6.92 Å². The summed E-state index contributed by atoms with van der Waals surface area (Å²) >= 11 is 0. The van der Waals surface area contributed by atoms with Crippen LogP contribution in [0.25, 0.3) is 0 Å². The summed E-state index contributed by atoms with van der Waals surface area (Å²) in [6.07, 6.45) is 2.68. The second-order valence-electron chi connectivity index (χ2n) is 3.61. The van der Waals surface area contributed by atoms with Gasteiger partial charge in [-0.25, -0.2) is 0 Å². The molecule has 0 spiro atoms. The van der Waals surface area contributed by atoms with Gasteiger partial charge in [0.05, 0.1) is 12.3 Å². The maximum absolute atomic E-state index is 11.6. The van der Waals surface area contributed by atoms with Gasteiger partial charge < -0.3 is 9.73 Å². The molecular formula is C10H15NO2S. The Morgan fingerprint density at radius 3 is 3.14 bits per heavy atom. The first-order chi connectivity index (χ1) is 6.79. The molecule has 3 nitrogen and oxygen atoms in total. The molecule has 3 unspecified atom stereocenters. The Morgan fingerprint density at radius 2 is 2.50 bits per heavy atom. The fourth-order valence-corrected chi connectivity index (χ4v) is 3.30. The number of rotatable bonds is 2. The molecule has 78 valence electrons. The highest BCUT2D eigenvalue weighted by Gasteiger charge is 2.27. The molecule has 0 amide bonds. The van der Waals surface area contributed by atoms with Crippen molar-refractivity contribution in [3.05, 3.63) is 24.2 Å². The molecule has 1 aromatic heterocycles. The first-order valence-corrected chi connectivity index (χ1v) is 6.43. The quantitative estimate of drug-likeness (QED) is 0.808. The molecule has 0 aromatic carbocycles. The van der Waals surface area contributed by atoms with E-state index in [1.807, 2.05) is 12.1 Å². The summed E-state index contributed by atoms with van der Waals surface area (Å²) in [7, 11) is -0.707. The monoisotopic (exact) mass is 213 g/mol. The van der Waals surface area contributed by atoms with Crippen molar-refractivity contribution in [2.75, 3.05) is 11.5 Å². The fraction of sp³-hybridized carbons (Fsp3) is 0.600. The summed E-state index contributed by atoms with van der Waals surface area (Å²) in [4.78, 5) is 0. The van der Waals surface area contributed by atoms with Crippen molar-refractivity contribution in [2.24, 2.45) is 0 Å². The van der Waals surface area contributed by atoms with Crippen LogP contribution >= 0.6 is 0 Å². The lowest BCUT2D eigenvalue weighted by Gasteiger charge is -2.28. The minimum Gasteiger partial charge on any atom is -0.468 e. The van der Waals surface area contributed by atoms with Gasteiger partial charge in [0.1, 0.15) is 5.76 Å². The Kier molecular flexibility index (Phi) is 3.03. The predicted octanol–water partition coefficient (Wildman–Crippen LogP) is 1.45. The van der Waals surface area contributed by atoms with E-state index in [0.29, 0.717) is 11.8 Å². The zero-order valence-electron chi connectivity index (χ0n) is 8.23. The Morgan fingerprint density at radius 1 is 1.64 bits per heavy atom. The first-order valence-electron chi connectivity index (χ1n) is 4.94. The summed E-state index contributed by atoms with van der Waals surface area (Å²) in [5, 5.41) is 3.45. The van der Waals surface area contributed by atoms with Gasteiger partial charge in [0.25, 0.3) is 0 Å². The molecule has 3 atom stereocenters. The molecule has 0 radical (unpaired) electrons. The third-order valence-electron chi connectivity index (χ3n) is 2.56. The number of hydrogen-bond donors (Lipinski definition) is 1. The van der Waals surface area contributed by atoms with E-state index >= 15 is 0 Å². The van der Waals surface area contributed by atoms with Crippen LogP contribution in [-0.4, -0.2) is 21.8 Å². The Hall–Kier alpha value is -0.610. The highest BCUT2D eigenvalue weighted by Crippen LogP contribution is 2.20. The largest absolute Gasteiger partial charge is 0.468 e. The van der Waals surface area contributed by atoms with E-state index in [9.17, 15) is 4.21 Å².